The molecule has 2 aromatic carbocycles. The van der Waals surface area contributed by atoms with E-state index in [0.717, 1.165) is 23.4 Å². The van der Waals surface area contributed by atoms with Gasteiger partial charge >= 0.3 is 6.18 Å². The zero-order valence-corrected chi connectivity index (χ0v) is 11.0. The van der Waals surface area contributed by atoms with Crippen molar-refractivity contribution in [1.29, 1.82) is 0 Å². The summed E-state index contributed by atoms with van der Waals surface area (Å²) < 4.78 is 37.4. The average Bonchev–Trinajstić information content (AvgIpc) is 2.40. The SMILES string of the molecule is C=C(Nc1ccccc1C)c1ccc(C(F)(F)F)cc1. The van der Waals surface area contributed by atoms with E-state index < -0.39 is 11.7 Å². The van der Waals surface area contributed by atoms with Crippen molar-refractivity contribution in [2.24, 2.45) is 0 Å². The number of hydrogen-bond donors (Lipinski definition) is 1. The second-order valence-electron chi connectivity index (χ2n) is 4.49. The molecule has 0 spiro atoms. The van der Waals surface area contributed by atoms with Gasteiger partial charge in [0.2, 0.25) is 0 Å². The third-order valence-electron chi connectivity index (χ3n) is 2.99. The Kier molecular flexibility index (Phi) is 3.84. The highest BCUT2D eigenvalue weighted by molar-refractivity contribution is 5.76. The summed E-state index contributed by atoms with van der Waals surface area (Å²) >= 11 is 0. The number of benzene rings is 2. The molecule has 0 radical (unpaired) electrons. The van der Waals surface area contributed by atoms with Crippen LogP contribution in [-0.2, 0) is 6.18 Å². The summed E-state index contributed by atoms with van der Waals surface area (Å²) in [5.41, 5.74) is 2.46. The maximum atomic E-state index is 12.5. The average molecular weight is 277 g/mol. The van der Waals surface area contributed by atoms with Crippen LogP contribution in [0.2, 0.25) is 0 Å². The molecule has 0 unspecified atom stereocenters. The molecular weight excluding hydrogens is 263 g/mol. The standard InChI is InChI=1S/C16H14F3N/c1-11-5-3-4-6-15(11)20-12(2)13-7-9-14(10-8-13)16(17,18)19/h3-10,20H,2H2,1H3. The topological polar surface area (TPSA) is 12.0 Å². The van der Waals surface area contributed by atoms with E-state index in [1.807, 2.05) is 31.2 Å². The van der Waals surface area contributed by atoms with Crippen molar-refractivity contribution in [2.45, 2.75) is 13.1 Å². The summed E-state index contributed by atoms with van der Waals surface area (Å²) in [4.78, 5) is 0. The van der Waals surface area contributed by atoms with Gasteiger partial charge in [0, 0.05) is 11.4 Å². The van der Waals surface area contributed by atoms with Gasteiger partial charge in [-0.15, -0.1) is 0 Å². The van der Waals surface area contributed by atoms with E-state index in [1.54, 1.807) is 0 Å². The van der Waals surface area contributed by atoms with E-state index in [-0.39, 0.29) is 0 Å². The fraction of sp³-hybridized carbons (Fsp3) is 0.125. The largest absolute Gasteiger partial charge is 0.416 e. The van der Waals surface area contributed by atoms with Gasteiger partial charge in [-0.25, -0.2) is 0 Å². The van der Waals surface area contributed by atoms with Crippen LogP contribution in [0, 0.1) is 6.92 Å². The maximum Gasteiger partial charge on any atom is 0.416 e. The Morgan fingerprint density at radius 3 is 2.15 bits per heavy atom. The van der Waals surface area contributed by atoms with Crippen LogP contribution in [-0.4, -0.2) is 0 Å². The Balaban J connectivity index is 2.16. The van der Waals surface area contributed by atoms with Gasteiger partial charge in [-0.1, -0.05) is 36.9 Å². The molecule has 20 heavy (non-hydrogen) atoms. The first kappa shape index (κ1) is 14.2. The van der Waals surface area contributed by atoms with Crippen LogP contribution in [0.15, 0.2) is 55.1 Å². The van der Waals surface area contributed by atoms with Crippen LogP contribution in [0.4, 0.5) is 18.9 Å². The van der Waals surface area contributed by atoms with Crippen molar-refractivity contribution >= 4 is 11.4 Å². The molecule has 4 heteroatoms. The summed E-state index contributed by atoms with van der Waals surface area (Å²) in [5.74, 6) is 0. The van der Waals surface area contributed by atoms with E-state index in [9.17, 15) is 13.2 Å². The van der Waals surface area contributed by atoms with Crippen LogP contribution >= 0.6 is 0 Å². The van der Waals surface area contributed by atoms with Gasteiger partial charge in [0.25, 0.3) is 0 Å². The van der Waals surface area contributed by atoms with Gasteiger partial charge in [-0.3, -0.25) is 0 Å². The van der Waals surface area contributed by atoms with Crippen LogP contribution in [0.3, 0.4) is 0 Å². The van der Waals surface area contributed by atoms with Crippen molar-refractivity contribution in [3.05, 3.63) is 71.8 Å². The molecule has 0 heterocycles. The maximum absolute atomic E-state index is 12.5. The summed E-state index contributed by atoms with van der Waals surface area (Å²) in [6, 6.07) is 12.6. The molecule has 0 aliphatic rings. The molecule has 0 saturated heterocycles. The molecule has 2 aromatic rings. The lowest BCUT2D eigenvalue weighted by Crippen LogP contribution is -2.05. The zero-order valence-electron chi connectivity index (χ0n) is 11.0. The number of nitrogens with one attached hydrogen (secondary N) is 1. The Labute approximate surface area is 115 Å². The lowest BCUT2D eigenvalue weighted by atomic mass is 10.1. The van der Waals surface area contributed by atoms with Gasteiger partial charge in [-0.2, -0.15) is 13.2 Å². The minimum atomic E-state index is -4.32. The number of para-hydroxylation sites is 1. The Bertz CT molecular complexity index is 612. The first-order valence-electron chi connectivity index (χ1n) is 6.07. The third-order valence-corrected chi connectivity index (χ3v) is 2.99. The van der Waals surface area contributed by atoms with E-state index in [1.165, 1.54) is 12.1 Å². The number of alkyl halides is 3. The van der Waals surface area contributed by atoms with Crippen molar-refractivity contribution < 1.29 is 13.2 Å². The second-order valence-corrected chi connectivity index (χ2v) is 4.49. The molecule has 0 saturated carbocycles. The van der Waals surface area contributed by atoms with Crippen molar-refractivity contribution in [3.8, 4) is 0 Å². The predicted octanol–water partition coefficient (Wildman–Crippen LogP) is 5.10. The normalized spacial score (nSPS) is 11.2. The van der Waals surface area contributed by atoms with Crippen LogP contribution in [0.1, 0.15) is 16.7 Å². The Morgan fingerprint density at radius 1 is 1.00 bits per heavy atom. The summed E-state index contributed by atoms with van der Waals surface area (Å²) in [7, 11) is 0. The van der Waals surface area contributed by atoms with Gasteiger partial charge in [0.1, 0.15) is 0 Å². The molecule has 0 aromatic heterocycles. The van der Waals surface area contributed by atoms with Gasteiger partial charge in [-0.05, 0) is 36.2 Å². The molecule has 0 atom stereocenters. The number of halogens is 3. The summed E-state index contributed by atoms with van der Waals surface area (Å²) in [6.45, 7) is 5.81. The summed E-state index contributed by atoms with van der Waals surface area (Å²) in [6.07, 6.45) is -4.32. The number of hydrogen-bond acceptors (Lipinski definition) is 1. The highest BCUT2D eigenvalue weighted by Crippen LogP contribution is 2.30. The molecule has 0 fully saturated rings. The zero-order chi connectivity index (χ0) is 14.8. The quantitative estimate of drug-likeness (QED) is 0.823. The number of rotatable bonds is 3. The molecule has 1 nitrogen and oxygen atoms in total. The molecule has 104 valence electrons. The molecule has 0 amide bonds. The first-order valence-corrected chi connectivity index (χ1v) is 6.07. The fourth-order valence-electron chi connectivity index (χ4n) is 1.81. The Hall–Kier alpha value is -2.23. The van der Waals surface area contributed by atoms with E-state index in [0.29, 0.717) is 11.3 Å². The molecule has 0 aliphatic carbocycles. The Morgan fingerprint density at radius 2 is 1.60 bits per heavy atom. The molecule has 2 rings (SSSR count). The van der Waals surface area contributed by atoms with Crippen LogP contribution in [0.5, 0.6) is 0 Å². The highest BCUT2D eigenvalue weighted by Gasteiger charge is 2.29. The van der Waals surface area contributed by atoms with Gasteiger partial charge in [0.05, 0.1) is 5.56 Å². The molecular formula is C16H14F3N. The third kappa shape index (κ3) is 3.20. The first-order chi connectivity index (χ1) is 9.38. The van der Waals surface area contributed by atoms with E-state index >= 15 is 0 Å². The predicted molar refractivity (Wildman–Crippen MR) is 75.3 cm³/mol. The lowest BCUT2D eigenvalue weighted by Gasteiger charge is -2.13. The van der Waals surface area contributed by atoms with Gasteiger partial charge in [0.15, 0.2) is 0 Å². The molecule has 0 bridgehead atoms. The van der Waals surface area contributed by atoms with E-state index in [2.05, 4.69) is 11.9 Å². The minimum absolute atomic E-state index is 0.563. The highest BCUT2D eigenvalue weighted by atomic mass is 19.4. The van der Waals surface area contributed by atoms with E-state index in [4.69, 9.17) is 0 Å². The van der Waals surface area contributed by atoms with Crippen molar-refractivity contribution in [1.82, 2.24) is 0 Å². The van der Waals surface area contributed by atoms with Crippen LogP contribution in [0.25, 0.3) is 5.70 Å². The lowest BCUT2D eigenvalue weighted by molar-refractivity contribution is -0.137. The molecule has 0 aliphatic heterocycles. The number of anilines is 1. The minimum Gasteiger partial charge on any atom is -0.355 e. The summed E-state index contributed by atoms with van der Waals surface area (Å²) in [5, 5.41) is 3.11. The second kappa shape index (κ2) is 5.41. The van der Waals surface area contributed by atoms with Crippen molar-refractivity contribution in [3.63, 3.8) is 0 Å². The van der Waals surface area contributed by atoms with Crippen molar-refractivity contribution in [2.75, 3.05) is 5.32 Å². The van der Waals surface area contributed by atoms with Gasteiger partial charge < -0.3 is 5.32 Å². The smallest absolute Gasteiger partial charge is 0.355 e. The monoisotopic (exact) mass is 277 g/mol. The van der Waals surface area contributed by atoms with Crippen LogP contribution < -0.4 is 5.32 Å². The molecule has 1 N–H and O–H groups in total. The fourth-order valence-corrected chi connectivity index (χ4v) is 1.81. The number of aryl methyl sites for hydroxylation is 1.